The largest absolute Gasteiger partial charge is 0.323 e. The van der Waals surface area contributed by atoms with Crippen molar-refractivity contribution in [2.45, 2.75) is 52.6 Å². The van der Waals surface area contributed by atoms with Gasteiger partial charge in [-0.05, 0) is 51.0 Å². The summed E-state index contributed by atoms with van der Waals surface area (Å²) in [5.74, 6) is -0.815. The smallest absolute Gasteiger partial charge is 0.257 e. The van der Waals surface area contributed by atoms with Crippen molar-refractivity contribution >= 4 is 23.4 Å². The third-order valence-corrected chi connectivity index (χ3v) is 5.43. The van der Waals surface area contributed by atoms with Crippen LogP contribution in [0.4, 0.5) is 5.69 Å². The van der Waals surface area contributed by atoms with Crippen LogP contribution in [0.2, 0.25) is 0 Å². The van der Waals surface area contributed by atoms with E-state index in [1.54, 1.807) is 23.1 Å². The highest BCUT2D eigenvalue weighted by Gasteiger charge is 2.45. The van der Waals surface area contributed by atoms with E-state index in [2.05, 4.69) is 0 Å². The average molecular weight is 378 g/mol. The Morgan fingerprint density at radius 1 is 1.11 bits per heavy atom. The summed E-state index contributed by atoms with van der Waals surface area (Å²) in [6.07, 6.45) is 0.703. The van der Waals surface area contributed by atoms with Crippen molar-refractivity contribution in [1.82, 2.24) is 4.90 Å². The maximum Gasteiger partial charge on any atom is 0.257 e. The SMILES string of the molecule is CCC(C)N(C(=O)c1ccccc1C)C1CC(=O)N(c2ccc(C)cc2)C1=O. The number of benzene rings is 2. The van der Waals surface area contributed by atoms with Crippen LogP contribution in [-0.4, -0.2) is 34.7 Å². The van der Waals surface area contributed by atoms with Crippen LogP contribution in [0, 0.1) is 13.8 Å². The molecule has 0 aliphatic carbocycles. The minimum Gasteiger partial charge on any atom is -0.323 e. The number of carbonyl (C=O) groups is 3. The van der Waals surface area contributed by atoms with E-state index in [9.17, 15) is 14.4 Å². The van der Waals surface area contributed by atoms with Crippen LogP contribution in [-0.2, 0) is 9.59 Å². The molecule has 3 amide bonds. The molecule has 0 bridgehead atoms. The van der Waals surface area contributed by atoms with Crippen LogP contribution < -0.4 is 4.90 Å². The zero-order chi connectivity index (χ0) is 20.4. The van der Waals surface area contributed by atoms with Crippen LogP contribution in [0.3, 0.4) is 0 Å². The Bertz CT molecular complexity index is 904. The van der Waals surface area contributed by atoms with E-state index in [4.69, 9.17) is 0 Å². The van der Waals surface area contributed by atoms with Gasteiger partial charge in [-0.3, -0.25) is 14.4 Å². The molecule has 1 aliphatic rings. The van der Waals surface area contributed by atoms with Gasteiger partial charge >= 0.3 is 0 Å². The van der Waals surface area contributed by atoms with E-state index >= 15 is 0 Å². The Hall–Kier alpha value is -2.95. The predicted octanol–water partition coefficient (Wildman–Crippen LogP) is 3.88. The van der Waals surface area contributed by atoms with Crippen molar-refractivity contribution in [3.8, 4) is 0 Å². The number of anilines is 1. The second-order valence-electron chi connectivity index (χ2n) is 7.41. The van der Waals surface area contributed by atoms with Gasteiger partial charge in [-0.15, -0.1) is 0 Å². The zero-order valence-corrected chi connectivity index (χ0v) is 16.8. The molecule has 5 heteroatoms. The average Bonchev–Trinajstić information content (AvgIpc) is 2.97. The van der Waals surface area contributed by atoms with Crippen molar-refractivity contribution in [3.63, 3.8) is 0 Å². The molecule has 2 atom stereocenters. The van der Waals surface area contributed by atoms with Gasteiger partial charge in [-0.25, -0.2) is 4.90 Å². The number of hydrogen-bond donors (Lipinski definition) is 0. The Kier molecular flexibility index (Phi) is 5.63. The number of amides is 3. The van der Waals surface area contributed by atoms with Crippen LogP contribution in [0.25, 0.3) is 0 Å². The number of nitrogens with zero attached hydrogens (tertiary/aromatic N) is 2. The lowest BCUT2D eigenvalue weighted by Crippen LogP contribution is -2.49. The molecule has 146 valence electrons. The molecule has 0 N–H and O–H groups in total. The molecule has 3 rings (SSSR count). The summed E-state index contributed by atoms with van der Waals surface area (Å²) >= 11 is 0. The Labute approximate surface area is 166 Å². The van der Waals surface area contributed by atoms with Crippen LogP contribution >= 0.6 is 0 Å². The standard InChI is InChI=1S/C23H26N2O3/c1-5-17(4)24(22(27)19-9-7-6-8-16(19)3)20-14-21(26)25(23(20)28)18-12-10-15(2)11-13-18/h6-13,17,20H,5,14H2,1-4H3. The molecule has 1 heterocycles. The molecule has 1 fully saturated rings. The fourth-order valence-electron chi connectivity index (χ4n) is 3.60. The highest BCUT2D eigenvalue weighted by molar-refractivity contribution is 6.23. The van der Waals surface area contributed by atoms with Crippen molar-refractivity contribution in [2.24, 2.45) is 0 Å². The number of rotatable bonds is 5. The van der Waals surface area contributed by atoms with Gasteiger partial charge in [0.05, 0.1) is 12.1 Å². The minimum atomic E-state index is -0.782. The fourth-order valence-corrected chi connectivity index (χ4v) is 3.60. The summed E-state index contributed by atoms with van der Waals surface area (Å²) in [4.78, 5) is 42.0. The van der Waals surface area contributed by atoms with E-state index in [1.165, 1.54) is 4.90 Å². The summed E-state index contributed by atoms with van der Waals surface area (Å²) in [5, 5.41) is 0. The molecule has 1 saturated heterocycles. The zero-order valence-electron chi connectivity index (χ0n) is 16.8. The normalized spacial score (nSPS) is 17.7. The van der Waals surface area contributed by atoms with Gasteiger partial charge < -0.3 is 4.90 Å². The molecule has 0 aromatic heterocycles. The molecule has 2 unspecified atom stereocenters. The second kappa shape index (κ2) is 7.97. The molecule has 2 aromatic rings. The fraction of sp³-hybridized carbons (Fsp3) is 0.348. The number of hydrogen-bond acceptors (Lipinski definition) is 3. The first-order valence-electron chi connectivity index (χ1n) is 9.67. The van der Waals surface area contributed by atoms with Gasteiger partial charge in [-0.1, -0.05) is 42.8 Å². The highest BCUT2D eigenvalue weighted by atomic mass is 16.2. The summed E-state index contributed by atoms with van der Waals surface area (Å²) in [7, 11) is 0. The number of imide groups is 1. The molecule has 5 nitrogen and oxygen atoms in total. The summed E-state index contributed by atoms with van der Waals surface area (Å²) in [6.45, 7) is 7.72. The molecule has 0 radical (unpaired) electrons. The summed E-state index contributed by atoms with van der Waals surface area (Å²) in [6, 6.07) is 13.7. The Morgan fingerprint density at radius 2 is 1.75 bits per heavy atom. The van der Waals surface area contributed by atoms with Crippen molar-refractivity contribution < 1.29 is 14.4 Å². The number of aryl methyl sites for hydroxylation is 2. The lowest BCUT2D eigenvalue weighted by atomic mass is 10.0. The van der Waals surface area contributed by atoms with Crippen LogP contribution in [0.1, 0.15) is 48.2 Å². The lowest BCUT2D eigenvalue weighted by molar-refractivity contribution is -0.122. The summed E-state index contributed by atoms with van der Waals surface area (Å²) < 4.78 is 0. The van der Waals surface area contributed by atoms with Gasteiger partial charge in [0, 0.05) is 11.6 Å². The maximum atomic E-state index is 13.3. The molecular formula is C23H26N2O3. The van der Waals surface area contributed by atoms with Gasteiger partial charge in [-0.2, -0.15) is 0 Å². The van der Waals surface area contributed by atoms with Gasteiger partial charge in [0.1, 0.15) is 6.04 Å². The Balaban J connectivity index is 1.96. The number of carbonyl (C=O) groups excluding carboxylic acids is 3. The van der Waals surface area contributed by atoms with Crippen LogP contribution in [0.15, 0.2) is 48.5 Å². The van der Waals surface area contributed by atoms with E-state index in [0.29, 0.717) is 17.7 Å². The van der Waals surface area contributed by atoms with E-state index < -0.39 is 6.04 Å². The monoisotopic (exact) mass is 378 g/mol. The van der Waals surface area contributed by atoms with Gasteiger partial charge in [0.2, 0.25) is 5.91 Å². The van der Waals surface area contributed by atoms with Crippen molar-refractivity contribution in [1.29, 1.82) is 0 Å². The Morgan fingerprint density at radius 3 is 2.36 bits per heavy atom. The highest BCUT2D eigenvalue weighted by Crippen LogP contribution is 2.29. The first kappa shape index (κ1) is 19.8. The van der Waals surface area contributed by atoms with E-state index in [1.807, 2.05) is 58.0 Å². The van der Waals surface area contributed by atoms with Gasteiger partial charge in [0.15, 0.2) is 0 Å². The summed E-state index contributed by atoms with van der Waals surface area (Å²) in [5.41, 5.74) is 3.02. The quantitative estimate of drug-likeness (QED) is 0.742. The third-order valence-electron chi connectivity index (χ3n) is 5.43. The molecule has 1 aliphatic heterocycles. The second-order valence-corrected chi connectivity index (χ2v) is 7.41. The maximum absolute atomic E-state index is 13.3. The molecule has 0 saturated carbocycles. The first-order chi connectivity index (χ1) is 13.3. The van der Waals surface area contributed by atoms with Crippen molar-refractivity contribution in [3.05, 3.63) is 65.2 Å². The van der Waals surface area contributed by atoms with Crippen LogP contribution in [0.5, 0.6) is 0 Å². The van der Waals surface area contributed by atoms with Gasteiger partial charge in [0.25, 0.3) is 11.8 Å². The topological polar surface area (TPSA) is 57.7 Å². The third kappa shape index (κ3) is 3.57. The lowest BCUT2D eigenvalue weighted by Gasteiger charge is -2.33. The molecule has 0 spiro atoms. The predicted molar refractivity (Wildman–Crippen MR) is 109 cm³/mol. The molecule has 2 aromatic carbocycles. The van der Waals surface area contributed by atoms with E-state index in [0.717, 1.165) is 11.1 Å². The minimum absolute atomic E-state index is 0.00860. The first-order valence-corrected chi connectivity index (χ1v) is 9.67. The van der Waals surface area contributed by atoms with E-state index in [-0.39, 0.29) is 30.2 Å². The van der Waals surface area contributed by atoms with Crippen molar-refractivity contribution in [2.75, 3.05) is 4.90 Å². The molecule has 28 heavy (non-hydrogen) atoms. The molecular weight excluding hydrogens is 352 g/mol.